The van der Waals surface area contributed by atoms with Crippen LogP contribution in [0.15, 0.2) is 18.2 Å². The Morgan fingerprint density at radius 2 is 2.19 bits per heavy atom. The molecule has 0 aromatic heterocycles. The number of likely N-dealkylation sites (tertiary alicyclic amines) is 1. The SMILES string of the molecule is CCCC1CCCN(C(=O)c2ccc(OC)c(O)c2)CC1. The molecule has 1 saturated heterocycles. The second kappa shape index (κ2) is 7.34. The molecule has 1 unspecified atom stereocenters. The molecule has 1 amide bonds. The van der Waals surface area contributed by atoms with Crippen molar-refractivity contribution in [3.8, 4) is 11.5 Å². The number of carbonyl (C=O) groups is 1. The quantitative estimate of drug-likeness (QED) is 0.924. The van der Waals surface area contributed by atoms with Gasteiger partial charge in [0.25, 0.3) is 5.91 Å². The Morgan fingerprint density at radius 1 is 1.38 bits per heavy atom. The zero-order valence-corrected chi connectivity index (χ0v) is 13.0. The summed E-state index contributed by atoms with van der Waals surface area (Å²) in [6.45, 7) is 3.84. The van der Waals surface area contributed by atoms with Crippen molar-refractivity contribution in [1.82, 2.24) is 4.90 Å². The molecule has 1 atom stereocenters. The van der Waals surface area contributed by atoms with E-state index in [4.69, 9.17) is 4.74 Å². The second-order valence-corrected chi connectivity index (χ2v) is 5.76. The largest absolute Gasteiger partial charge is 0.504 e. The highest BCUT2D eigenvalue weighted by atomic mass is 16.5. The lowest BCUT2D eigenvalue weighted by Crippen LogP contribution is -2.32. The number of amides is 1. The van der Waals surface area contributed by atoms with Gasteiger partial charge in [0.15, 0.2) is 11.5 Å². The van der Waals surface area contributed by atoms with Crippen molar-refractivity contribution in [3.05, 3.63) is 23.8 Å². The van der Waals surface area contributed by atoms with Crippen molar-refractivity contribution >= 4 is 5.91 Å². The number of hydrogen-bond donors (Lipinski definition) is 1. The summed E-state index contributed by atoms with van der Waals surface area (Å²) in [5.41, 5.74) is 0.530. The minimum absolute atomic E-state index is 0.00472. The van der Waals surface area contributed by atoms with Gasteiger partial charge in [0.1, 0.15) is 0 Å². The zero-order valence-electron chi connectivity index (χ0n) is 13.0. The second-order valence-electron chi connectivity index (χ2n) is 5.76. The van der Waals surface area contributed by atoms with Gasteiger partial charge in [-0.1, -0.05) is 19.8 Å². The highest BCUT2D eigenvalue weighted by molar-refractivity contribution is 5.94. The van der Waals surface area contributed by atoms with E-state index in [0.717, 1.165) is 31.8 Å². The molecule has 4 nitrogen and oxygen atoms in total. The normalized spacial score (nSPS) is 19.1. The molecule has 0 spiro atoms. The summed E-state index contributed by atoms with van der Waals surface area (Å²) in [5.74, 6) is 1.16. The van der Waals surface area contributed by atoms with Crippen molar-refractivity contribution < 1.29 is 14.6 Å². The maximum atomic E-state index is 12.5. The van der Waals surface area contributed by atoms with Gasteiger partial charge in [-0.25, -0.2) is 0 Å². The van der Waals surface area contributed by atoms with Gasteiger partial charge in [0.05, 0.1) is 7.11 Å². The first-order valence-corrected chi connectivity index (χ1v) is 7.82. The summed E-state index contributed by atoms with van der Waals surface area (Å²) >= 11 is 0. The van der Waals surface area contributed by atoms with E-state index in [0.29, 0.717) is 11.3 Å². The lowest BCUT2D eigenvalue weighted by atomic mass is 9.96. The fraction of sp³-hybridized carbons (Fsp3) is 0.588. The number of rotatable bonds is 4. The molecule has 4 heteroatoms. The number of aromatic hydroxyl groups is 1. The van der Waals surface area contributed by atoms with Gasteiger partial charge < -0.3 is 14.7 Å². The van der Waals surface area contributed by atoms with E-state index in [1.807, 2.05) is 4.90 Å². The Hall–Kier alpha value is -1.71. The van der Waals surface area contributed by atoms with Gasteiger partial charge in [-0.05, 0) is 43.4 Å². The number of ether oxygens (including phenoxy) is 1. The molecule has 1 fully saturated rings. The van der Waals surface area contributed by atoms with Crippen LogP contribution in [0, 0.1) is 5.92 Å². The van der Waals surface area contributed by atoms with Crippen LogP contribution in [-0.4, -0.2) is 36.1 Å². The van der Waals surface area contributed by atoms with Gasteiger partial charge >= 0.3 is 0 Å². The summed E-state index contributed by atoms with van der Waals surface area (Å²) in [4.78, 5) is 14.5. The highest BCUT2D eigenvalue weighted by Gasteiger charge is 2.21. The molecule has 21 heavy (non-hydrogen) atoms. The fourth-order valence-electron chi connectivity index (χ4n) is 3.07. The maximum Gasteiger partial charge on any atom is 0.253 e. The van der Waals surface area contributed by atoms with E-state index in [-0.39, 0.29) is 11.7 Å². The number of methoxy groups -OCH3 is 1. The molecular formula is C17H25NO3. The molecule has 0 bridgehead atoms. The number of carbonyl (C=O) groups excluding carboxylic acids is 1. The van der Waals surface area contributed by atoms with Crippen LogP contribution in [0.1, 0.15) is 49.4 Å². The average Bonchev–Trinajstić information content (AvgIpc) is 2.72. The first kappa shape index (κ1) is 15.7. The summed E-state index contributed by atoms with van der Waals surface area (Å²) in [7, 11) is 1.50. The summed E-state index contributed by atoms with van der Waals surface area (Å²) in [5, 5.41) is 9.81. The van der Waals surface area contributed by atoms with Crippen molar-refractivity contribution in [2.24, 2.45) is 5.92 Å². The first-order valence-electron chi connectivity index (χ1n) is 7.82. The van der Waals surface area contributed by atoms with Crippen LogP contribution in [-0.2, 0) is 0 Å². The Balaban J connectivity index is 2.04. The summed E-state index contributed by atoms with van der Waals surface area (Å²) in [6, 6.07) is 4.85. The average molecular weight is 291 g/mol. The molecule has 2 rings (SSSR count). The number of phenols is 1. The van der Waals surface area contributed by atoms with Crippen molar-refractivity contribution in [2.75, 3.05) is 20.2 Å². The van der Waals surface area contributed by atoms with E-state index >= 15 is 0 Å². The summed E-state index contributed by atoms with van der Waals surface area (Å²) < 4.78 is 5.01. The van der Waals surface area contributed by atoms with E-state index in [2.05, 4.69) is 6.92 Å². The molecule has 1 aromatic carbocycles. The zero-order chi connectivity index (χ0) is 15.2. The van der Waals surface area contributed by atoms with Gasteiger partial charge in [0.2, 0.25) is 0 Å². The monoisotopic (exact) mass is 291 g/mol. The van der Waals surface area contributed by atoms with E-state index in [1.54, 1.807) is 12.1 Å². The predicted octanol–water partition coefficient (Wildman–Crippen LogP) is 3.44. The topological polar surface area (TPSA) is 49.8 Å². The lowest BCUT2D eigenvalue weighted by molar-refractivity contribution is 0.0759. The minimum Gasteiger partial charge on any atom is -0.504 e. The Bertz CT molecular complexity index is 487. The van der Waals surface area contributed by atoms with Crippen LogP contribution in [0.2, 0.25) is 0 Å². The third-order valence-corrected chi connectivity index (χ3v) is 4.26. The summed E-state index contributed by atoms with van der Waals surface area (Å²) in [6.07, 6.45) is 5.84. The third kappa shape index (κ3) is 3.90. The molecular weight excluding hydrogens is 266 g/mol. The number of hydrogen-bond acceptors (Lipinski definition) is 3. The van der Waals surface area contributed by atoms with E-state index in [1.165, 1.54) is 32.4 Å². The van der Waals surface area contributed by atoms with Crippen LogP contribution in [0.25, 0.3) is 0 Å². The molecule has 116 valence electrons. The Labute approximate surface area is 126 Å². The Kier molecular flexibility index (Phi) is 5.48. The van der Waals surface area contributed by atoms with Crippen molar-refractivity contribution in [3.63, 3.8) is 0 Å². The highest BCUT2D eigenvalue weighted by Crippen LogP contribution is 2.28. The molecule has 0 aliphatic carbocycles. The van der Waals surface area contributed by atoms with Gasteiger partial charge in [-0.3, -0.25) is 4.79 Å². The van der Waals surface area contributed by atoms with Crippen LogP contribution < -0.4 is 4.74 Å². The number of benzene rings is 1. The van der Waals surface area contributed by atoms with Crippen molar-refractivity contribution in [1.29, 1.82) is 0 Å². The van der Waals surface area contributed by atoms with Crippen LogP contribution in [0.4, 0.5) is 0 Å². The van der Waals surface area contributed by atoms with Crippen molar-refractivity contribution in [2.45, 2.75) is 39.0 Å². The van der Waals surface area contributed by atoms with Gasteiger partial charge in [0, 0.05) is 18.7 Å². The molecule has 1 aliphatic rings. The molecule has 1 aliphatic heterocycles. The molecule has 0 saturated carbocycles. The molecule has 1 aromatic rings. The van der Waals surface area contributed by atoms with Crippen LogP contribution in [0.3, 0.4) is 0 Å². The maximum absolute atomic E-state index is 12.5. The van der Waals surface area contributed by atoms with Crippen LogP contribution in [0.5, 0.6) is 11.5 Å². The van der Waals surface area contributed by atoms with Crippen LogP contribution >= 0.6 is 0 Å². The van der Waals surface area contributed by atoms with E-state index < -0.39 is 0 Å². The standard InChI is InChI=1S/C17H25NO3/c1-3-5-13-6-4-10-18(11-9-13)17(20)14-7-8-16(21-2)15(19)12-14/h7-8,12-13,19H,3-6,9-11H2,1-2H3. The number of phenolic OH excluding ortho intramolecular Hbond substituents is 1. The number of nitrogens with zero attached hydrogens (tertiary/aromatic N) is 1. The molecule has 1 N–H and O–H groups in total. The molecule has 1 heterocycles. The lowest BCUT2D eigenvalue weighted by Gasteiger charge is -2.21. The van der Waals surface area contributed by atoms with E-state index in [9.17, 15) is 9.90 Å². The predicted molar refractivity (Wildman–Crippen MR) is 82.8 cm³/mol. The van der Waals surface area contributed by atoms with Gasteiger partial charge in [-0.15, -0.1) is 0 Å². The fourth-order valence-corrected chi connectivity index (χ4v) is 3.07. The first-order chi connectivity index (χ1) is 10.2. The smallest absolute Gasteiger partial charge is 0.253 e. The third-order valence-electron chi connectivity index (χ3n) is 4.26. The molecule has 0 radical (unpaired) electrons. The Morgan fingerprint density at radius 3 is 2.86 bits per heavy atom. The minimum atomic E-state index is 0.00472. The van der Waals surface area contributed by atoms with Gasteiger partial charge in [-0.2, -0.15) is 0 Å².